The van der Waals surface area contributed by atoms with Crippen LogP contribution in [0.3, 0.4) is 0 Å². The van der Waals surface area contributed by atoms with Crippen molar-refractivity contribution in [2.45, 2.75) is 18.0 Å². The summed E-state index contributed by atoms with van der Waals surface area (Å²) in [6.07, 6.45) is -2.90. The molecule has 2 N–H and O–H groups in total. The average Bonchev–Trinajstić information content (AvgIpc) is 3.18. The molecule has 31 heavy (non-hydrogen) atoms. The highest BCUT2D eigenvalue weighted by Gasteiger charge is 2.33. The average molecular weight is 465 g/mol. The van der Waals surface area contributed by atoms with Gasteiger partial charge in [-0.2, -0.15) is 13.2 Å². The first-order valence-corrected chi connectivity index (χ1v) is 11.8. The van der Waals surface area contributed by atoms with Crippen LogP contribution in [0.5, 0.6) is 0 Å². The Balaban J connectivity index is 2.03. The van der Waals surface area contributed by atoms with Crippen LogP contribution in [0, 0.1) is 12.3 Å². The molecule has 1 aromatic heterocycles. The fourth-order valence-corrected chi connectivity index (χ4v) is 4.35. The van der Waals surface area contributed by atoms with Crippen molar-refractivity contribution in [3.8, 4) is 11.1 Å². The highest BCUT2D eigenvalue weighted by Crippen LogP contribution is 2.33. The first-order chi connectivity index (χ1) is 14.4. The summed E-state index contributed by atoms with van der Waals surface area (Å²) in [5, 5.41) is 12.1. The maximum absolute atomic E-state index is 13.0. The summed E-state index contributed by atoms with van der Waals surface area (Å²) in [7, 11) is -3.39. The van der Waals surface area contributed by atoms with Crippen molar-refractivity contribution in [1.29, 1.82) is 5.41 Å². The van der Waals surface area contributed by atoms with E-state index in [-0.39, 0.29) is 10.6 Å². The zero-order chi connectivity index (χ0) is 22.8. The number of hydrogen-bond donors (Lipinski definition) is 2. The minimum absolute atomic E-state index is 0.132. The fourth-order valence-electron chi connectivity index (χ4n) is 2.79. The van der Waals surface area contributed by atoms with E-state index in [4.69, 9.17) is 5.41 Å². The molecule has 0 aliphatic rings. The molecular weight excluding hydrogens is 445 g/mol. The molecule has 162 valence electrons. The third kappa shape index (κ3) is 5.62. The van der Waals surface area contributed by atoms with Crippen molar-refractivity contribution >= 4 is 38.3 Å². The first-order valence-electron chi connectivity index (χ1n) is 9.04. The topological polar surface area (TPSA) is 70.0 Å². The van der Waals surface area contributed by atoms with Crippen LogP contribution in [0.15, 0.2) is 70.9 Å². The van der Waals surface area contributed by atoms with Gasteiger partial charge in [0.1, 0.15) is 5.71 Å². The van der Waals surface area contributed by atoms with Gasteiger partial charge in [0.15, 0.2) is 9.84 Å². The largest absolute Gasteiger partial charge is 0.432 e. The van der Waals surface area contributed by atoms with Gasteiger partial charge in [-0.25, -0.2) is 8.42 Å². The molecule has 0 aliphatic carbocycles. The van der Waals surface area contributed by atoms with Crippen LogP contribution in [0.1, 0.15) is 10.4 Å². The smallest absolute Gasteiger partial charge is 0.354 e. The van der Waals surface area contributed by atoms with Gasteiger partial charge in [-0.05, 0) is 59.3 Å². The Morgan fingerprint density at radius 2 is 1.77 bits per heavy atom. The van der Waals surface area contributed by atoms with E-state index in [1.807, 2.05) is 19.1 Å². The molecule has 0 aliphatic heterocycles. The van der Waals surface area contributed by atoms with Gasteiger partial charge in [-0.1, -0.05) is 30.3 Å². The Hall–Kier alpha value is -2.91. The van der Waals surface area contributed by atoms with Crippen LogP contribution in [0.4, 0.5) is 18.9 Å². The monoisotopic (exact) mass is 464 g/mol. The van der Waals surface area contributed by atoms with Crippen molar-refractivity contribution in [2.75, 3.05) is 11.6 Å². The molecule has 2 aromatic carbocycles. The number of benzene rings is 2. The summed E-state index contributed by atoms with van der Waals surface area (Å²) in [5.41, 5.74) is 1.42. The second-order valence-corrected chi connectivity index (χ2v) is 9.84. The summed E-state index contributed by atoms with van der Waals surface area (Å²) >= 11 is 1.20. The summed E-state index contributed by atoms with van der Waals surface area (Å²) in [5.74, 6) is 0. The standard InChI is InChI=1S/C22H19F3N2O2S2/c1-14-6-3-4-9-18(14)27-19(12-21(26)22(23,24)25)20-11-16(13-30-20)15-7-5-8-17(10-15)31(2,28)29/h3-13,26-27H,1-2H3/b19-12-,26-21?. The van der Waals surface area contributed by atoms with E-state index < -0.39 is 21.7 Å². The number of alkyl halides is 3. The molecule has 0 unspecified atom stereocenters. The number of rotatable bonds is 6. The SMILES string of the molecule is Cc1ccccc1N/C(=C\C(=N)C(F)(F)F)c1cc(-c2cccc(S(C)(=O)=O)c2)cs1. The lowest BCUT2D eigenvalue weighted by atomic mass is 10.1. The lowest BCUT2D eigenvalue weighted by Crippen LogP contribution is -2.20. The zero-order valence-electron chi connectivity index (χ0n) is 16.6. The predicted octanol–water partition coefficient (Wildman–Crippen LogP) is 6.16. The molecule has 4 nitrogen and oxygen atoms in total. The molecule has 3 rings (SSSR count). The number of sulfone groups is 1. The molecule has 0 atom stereocenters. The highest BCUT2D eigenvalue weighted by molar-refractivity contribution is 7.90. The normalized spacial score (nSPS) is 12.6. The number of nitrogens with one attached hydrogen (secondary N) is 2. The molecule has 1 heterocycles. The lowest BCUT2D eigenvalue weighted by Gasteiger charge is -2.13. The van der Waals surface area contributed by atoms with Crippen molar-refractivity contribution in [2.24, 2.45) is 0 Å². The molecule has 0 bridgehead atoms. The molecule has 0 fully saturated rings. The Morgan fingerprint density at radius 3 is 2.42 bits per heavy atom. The Labute approximate surface area is 182 Å². The minimum atomic E-state index is -4.78. The maximum Gasteiger partial charge on any atom is 0.432 e. The van der Waals surface area contributed by atoms with E-state index >= 15 is 0 Å². The van der Waals surface area contributed by atoms with Crippen molar-refractivity contribution < 1.29 is 21.6 Å². The Bertz CT molecular complexity index is 1260. The zero-order valence-corrected chi connectivity index (χ0v) is 18.3. The van der Waals surface area contributed by atoms with Gasteiger partial charge in [-0.3, -0.25) is 5.41 Å². The lowest BCUT2D eigenvalue weighted by molar-refractivity contribution is -0.0583. The van der Waals surface area contributed by atoms with Gasteiger partial charge in [0, 0.05) is 11.9 Å². The number of aryl methyl sites for hydroxylation is 1. The van der Waals surface area contributed by atoms with Crippen LogP contribution in [-0.2, 0) is 9.84 Å². The van der Waals surface area contributed by atoms with Gasteiger partial charge in [0.25, 0.3) is 0 Å². The number of hydrogen-bond acceptors (Lipinski definition) is 5. The molecule has 0 radical (unpaired) electrons. The fraction of sp³-hybridized carbons (Fsp3) is 0.136. The number of para-hydroxylation sites is 1. The molecule has 0 saturated heterocycles. The summed E-state index contributed by atoms with van der Waals surface area (Å²) in [4.78, 5) is 0.641. The van der Waals surface area contributed by atoms with Gasteiger partial charge in [0.2, 0.25) is 0 Å². The van der Waals surface area contributed by atoms with Gasteiger partial charge in [0.05, 0.1) is 15.5 Å². The van der Waals surface area contributed by atoms with E-state index in [9.17, 15) is 21.6 Å². The number of allylic oxidation sites excluding steroid dienone is 1. The quantitative estimate of drug-likeness (QED) is 0.429. The number of thiophene rings is 1. The molecule has 9 heteroatoms. The van der Waals surface area contributed by atoms with Gasteiger partial charge in [-0.15, -0.1) is 11.3 Å². The second-order valence-electron chi connectivity index (χ2n) is 6.91. The van der Waals surface area contributed by atoms with E-state index in [0.717, 1.165) is 17.9 Å². The van der Waals surface area contributed by atoms with Crippen molar-refractivity contribution in [3.05, 3.63) is 76.5 Å². The van der Waals surface area contributed by atoms with E-state index in [0.29, 0.717) is 21.7 Å². The van der Waals surface area contributed by atoms with E-state index in [1.165, 1.54) is 23.5 Å². The van der Waals surface area contributed by atoms with Crippen LogP contribution >= 0.6 is 11.3 Å². The third-order valence-electron chi connectivity index (χ3n) is 4.47. The Kier molecular flexibility index (Phi) is 6.38. The molecule has 0 spiro atoms. The minimum Gasteiger partial charge on any atom is -0.354 e. The third-order valence-corrected chi connectivity index (χ3v) is 6.54. The summed E-state index contributed by atoms with van der Waals surface area (Å²) in [6.45, 7) is 1.82. The second kappa shape index (κ2) is 8.68. The van der Waals surface area contributed by atoms with Crippen LogP contribution in [0.25, 0.3) is 16.8 Å². The van der Waals surface area contributed by atoms with Gasteiger partial charge < -0.3 is 5.32 Å². The number of halogens is 3. The molecule has 0 saturated carbocycles. The Morgan fingerprint density at radius 1 is 1.06 bits per heavy atom. The van der Waals surface area contributed by atoms with Crippen LogP contribution < -0.4 is 5.32 Å². The maximum atomic E-state index is 13.0. The highest BCUT2D eigenvalue weighted by atomic mass is 32.2. The van der Waals surface area contributed by atoms with Gasteiger partial charge >= 0.3 is 6.18 Å². The van der Waals surface area contributed by atoms with Crippen LogP contribution in [0.2, 0.25) is 0 Å². The van der Waals surface area contributed by atoms with Crippen molar-refractivity contribution in [3.63, 3.8) is 0 Å². The number of anilines is 1. The summed E-state index contributed by atoms with van der Waals surface area (Å²) in [6, 6.07) is 15.2. The predicted molar refractivity (Wildman–Crippen MR) is 119 cm³/mol. The first kappa shape index (κ1) is 22.8. The molecule has 3 aromatic rings. The molecule has 0 amide bonds. The van der Waals surface area contributed by atoms with Crippen LogP contribution in [-0.4, -0.2) is 26.6 Å². The van der Waals surface area contributed by atoms with E-state index in [1.54, 1.807) is 35.7 Å². The van der Waals surface area contributed by atoms with Crippen molar-refractivity contribution in [1.82, 2.24) is 0 Å². The molecular formula is C22H19F3N2O2S2. The summed E-state index contributed by atoms with van der Waals surface area (Å²) < 4.78 is 62.7. The van der Waals surface area contributed by atoms with E-state index in [2.05, 4.69) is 5.32 Å².